The van der Waals surface area contributed by atoms with Gasteiger partial charge in [-0.2, -0.15) is 0 Å². The molecule has 108 valence electrons. The fraction of sp³-hybridized carbons (Fsp3) is 0.316. The van der Waals surface area contributed by atoms with Gasteiger partial charge in [-0.1, -0.05) is 43.3 Å². The molecular weight excluding hydrogens is 260 g/mol. The third-order valence-corrected chi connectivity index (χ3v) is 4.60. The van der Waals surface area contributed by atoms with Gasteiger partial charge in [-0.05, 0) is 48.9 Å². The van der Waals surface area contributed by atoms with Gasteiger partial charge in [0.2, 0.25) is 0 Å². The first kappa shape index (κ1) is 13.9. The zero-order valence-electron chi connectivity index (χ0n) is 12.7. The normalized spacial score (nSPS) is 20.6. The summed E-state index contributed by atoms with van der Waals surface area (Å²) in [5.74, 6) is 0.239. The molecule has 0 aromatic heterocycles. The molecule has 0 amide bonds. The Balaban J connectivity index is 2.04. The molecule has 0 heterocycles. The van der Waals surface area contributed by atoms with Crippen LogP contribution in [0.3, 0.4) is 0 Å². The third-order valence-electron chi connectivity index (χ3n) is 4.60. The van der Waals surface area contributed by atoms with Crippen molar-refractivity contribution in [2.45, 2.75) is 33.6 Å². The molecule has 1 unspecified atom stereocenters. The Kier molecular flexibility index (Phi) is 3.12. The largest absolute Gasteiger partial charge is 0.507 e. The highest BCUT2D eigenvalue weighted by molar-refractivity contribution is 6.07. The number of carbonyl (C=O) groups excluding carboxylic acids is 1. The van der Waals surface area contributed by atoms with E-state index < -0.39 is 5.41 Å². The van der Waals surface area contributed by atoms with Crippen LogP contribution in [0, 0.1) is 19.3 Å². The molecule has 0 bridgehead atoms. The lowest BCUT2D eigenvalue weighted by atomic mass is 9.80. The number of hydrogen-bond donors (Lipinski definition) is 1. The van der Waals surface area contributed by atoms with E-state index in [0.29, 0.717) is 18.4 Å². The summed E-state index contributed by atoms with van der Waals surface area (Å²) in [6.07, 6.45) is 1.41. The van der Waals surface area contributed by atoms with Crippen LogP contribution in [0.15, 0.2) is 36.4 Å². The van der Waals surface area contributed by atoms with E-state index in [1.54, 1.807) is 0 Å². The van der Waals surface area contributed by atoms with Crippen molar-refractivity contribution in [2.24, 2.45) is 5.41 Å². The quantitative estimate of drug-likeness (QED) is 0.903. The van der Waals surface area contributed by atoms with Crippen molar-refractivity contribution in [3.05, 3.63) is 64.2 Å². The molecule has 1 aliphatic rings. The maximum Gasteiger partial charge on any atom is 0.173 e. The van der Waals surface area contributed by atoms with Crippen LogP contribution < -0.4 is 0 Å². The van der Waals surface area contributed by atoms with Gasteiger partial charge >= 0.3 is 0 Å². The highest BCUT2D eigenvalue weighted by atomic mass is 16.3. The van der Waals surface area contributed by atoms with Gasteiger partial charge in [0.25, 0.3) is 0 Å². The monoisotopic (exact) mass is 280 g/mol. The molecule has 2 heteroatoms. The van der Waals surface area contributed by atoms with Crippen LogP contribution in [0.4, 0.5) is 0 Å². The van der Waals surface area contributed by atoms with Crippen LogP contribution >= 0.6 is 0 Å². The minimum atomic E-state index is -0.459. The molecule has 1 aliphatic carbocycles. The highest BCUT2D eigenvalue weighted by Gasteiger charge is 2.44. The van der Waals surface area contributed by atoms with E-state index in [0.717, 1.165) is 22.3 Å². The zero-order chi connectivity index (χ0) is 15.2. The molecule has 2 nitrogen and oxygen atoms in total. The predicted molar refractivity (Wildman–Crippen MR) is 83.9 cm³/mol. The number of phenolic OH excluding ortho intramolecular Hbond substituents is 1. The fourth-order valence-corrected chi connectivity index (χ4v) is 3.45. The second-order valence-corrected chi connectivity index (χ2v) is 6.44. The molecule has 0 radical (unpaired) electrons. The summed E-state index contributed by atoms with van der Waals surface area (Å²) in [6, 6.07) is 12.1. The van der Waals surface area contributed by atoms with Crippen molar-refractivity contribution in [1.29, 1.82) is 0 Å². The molecular formula is C19H20O2. The molecule has 0 saturated carbocycles. The van der Waals surface area contributed by atoms with Gasteiger partial charge in [0, 0.05) is 5.41 Å². The van der Waals surface area contributed by atoms with Gasteiger partial charge in [0.1, 0.15) is 5.75 Å². The highest BCUT2D eigenvalue weighted by Crippen LogP contribution is 2.45. The molecule has 0 saturated heterocycles. The number of Topliss-reactive ketones (excluding diaryl/α,β-unsaturated/α-hetero) is 1. The topological polar surface area (TPSA) is 37.3 Å². The van der Waals surface area contributed by atoms with Crippen LogP contribution in [0.2, 0.25) is 0 Å². The van der Waals surface area contributed by atoms with Crippen molar-refractivity contribution in [2.75, 3.05) is 0 Å². The summed E-state index contributed by atoms with van der Waals surface area (Å²) in [5.41, 5.74) is 4.15. The van der Waals surface area contributed by atoms with E-state index in [4.69, 9.17) is 0 Å². The summed E-state index contributed by atoms with van der Waals surface area (Å²) in [6.45, 7) is 5.88. The molecule has 2 aromatic carbocycles. The third kappa shape index (κ3) is 2.15. The van der Waals surface area contributed by atoms with E-state index >= 15 is 0 Å². The second-order valence-electron chi connectivity index (χ2n) is 6.44. The Morgan fingerprint density at radius 2 is 1.81 bits per heavy atom. The van der Waals surface area contributed by atoms with E-state index in [1.807, 2.05) is 45.0 Å². The SMILES string of the molecule is Cc1cc(C)c2c(c1O)C(=O)C(C)(Cc1ccccc1)C2. The van der Waals surface area contributed by atoms with Crippen LogP contribution in [0.25, 0.3) is 0 Å². The maximum absolute atomic E-state index is 12.9. The Hall–Kier alpha value is -2.09. The van der Waals surface area contributed by atoms with E-state index in [9.17, 15) is 9.90 Å². The van der Waals surface area contributed by atoms with Gasteiger partial charge < -0.3 is 5.11 Å². The summed E-state index contributed by atoms with van der Waals surface area (Å²) >= 11 is 0. The number of phenols is 1. The van der Waals surface area contributed by atoms with Crippen LogP contribution in [0.1, 0.15) is 39.5 Å². The molecule has 0 spiro atoms. The number of ketones is 1. The molecule has 1 N–H and O–H groups in total. The molecule has 0 fully saturated rings. The Bertz CT molecular complexity index is 716. The number of carbonyl (C=O) groups is 1. The van der Waals surface area contributed by atoms with Crippen LogP contribution in [0.5, 0.6) is 5.75 Å². The Morgan fingerprint density at radius 3 is 2.48 bits per heavy atom. The van der Waals surface area contributed by atoms with Crippen molar-refractivity contribution in [3.8, 4) is 5.75 Å². The van der Waals surface area contributed by atoms with Crippen molar-refractivity contribution in [3.63, 3.8) is 0 Å². The number of aryl methyl sites for hydroxylation is 2. The molecule has 0 aliphatic heterocycles. The minimum absolute atomic E-state index is 0.0747. The second kappa shape index (κ2) is 4.73. The van der Waals surface area contributed by atoms with Gasteiger partial charge in [-0.25, -0.2) is 0 Å². The van der Waals surface area contributed by atoms with E-state index in [1.165, 1.54) is 0 Å². The Labute approximate surface area is 125 Å². The predicted octanol–water partition coefficient (Wildman–Crippen LogP) is 4.00. The molecule has 21 heavy (non-hydrogen) atoms. The summed E-state index contributed by atoms with van der Waals surface area (Å²) in [5, 5.41) is 10.3. The first-order valence-corrected chi connectivity index (χ1v) is 7.33. The minimum Gasteiger partial charge on any atom is -0.507 e. The molecule has 1 atom stereocenters. The van der Waals surface area contributed by atoms with Gasteiger partial charge in [0.05, 0.1) is 5.56 Å². The van der Waals surface area contributed by atoms with Gasteiger partial charge in [0.15, 0.2) is 5.78 Å². The van der Waals surface area contributed by atoms with Gasteiger partial charge in [-0.3, -0.25) is 4.79 Å². The maximum atomic E-state index is 12.9. The summed E-state index contributed by atoms with van der Waals surface area (Å²) in [4.78, 5) is 12.9. The number of rotatable bonds is 2. The first-order chi connectivity index (χ1) is 9.92. The molecule has 2 aromatic rings. The first-order valence-electron chi connectivity index (χ1n) is 7.33. The number of aromatic hydroxyl groups is 1. The summed E-state index contributed by atoms with van der Waals surface area (Å²) in [7, 11) is 0. The molecule has 3 rings (SSSR count). The lowest BCUT2D eigenvalue weighted by Gasteiger charge is -2.22. The Morgan fingerprint density at radius 1 is 1.14 bits per heavy atom. The van der Waals surface area contributed by atoms with E-state index in [2.05, 4.69) is 12.1 Å². The number of benzene rings is 2. The van der Waals surface area contributed by atoms with Gasteiger partial charge in [-0.15, -0.1) is 0 Å². The average molecular weight is 280 g/mol. The van der Waals surface area contributed by atoms with Crippen molar-refractivity contribution < 1.29 is 9.90 Å². The van der Waals surface area contributed by atoms with Crippen LogP contribution in [-0.2, 0) is 12.8 Å². The standard InChI is InChI=1S/C19H20O2/c1-12-9-13(2)17(20)16-15(12)11-19(3,18(16)21)10-14-7-5-4-6-8-14/h4-9,20H,10-11H2,1-3H3. The number of fused-ring (bicyclic) bond motifs is 1. The van der Waals surface area contributed by atoms with Crippen molar-refractivity contribution >= 4 is 5.78 Å². The van der Waals surface area contributed by atoms with E-state index in [-0.39, 0.29) is 11.5 Å². The van der Waals surface area contributed by atoms with Crippen LogP contribution in [-0.4, -0.2) is 10.9 Å². The number of hydrogen-bond acceptors (Lipinski definition) is 2. The smallest absolute Gasteiger partial charge is 0.173 e. The van der Waals surface area contributed by atoms with Crippen molar-refractivity contribution in [1.82, 2.24) is 0 Å². The summed E-state index contributed by atoms with van der Waals surface area (Å²) < 4.78 is 0. The fourth-order valence-electron chi connectivity index (χ4n) is 3.45. The lowest BCUT2D eigenvalue weighted by Crippen LogP contribution is -2.26. The zero-order valence-corrected chi connectivity index (χ0v) is 12.7. The average Bonchev–Trinajstić information content (AvgIpc) is 2.71. The lowest BCUT2D eigenvalue weighted by molar-refractivity contribution is 0.0839.